The highest BCUT2D eigenvalue weighted by Crippen LogP contribution is 2.21. The third kappa shape index (κ3) is 7.22. The number of nitrogens with zero attached hydrogens (tertiary/aromatic N) is 5. The molecule has 10 heteroatoms. The number of thioether (sulfide) groups is 1. The number of hydrogen-bond donors (Lipinski definition) is 3. The minimum Gasteiger partial charge on any atom is -0.372 e. The van der Waals surface area contributed by atoms with Gasteiger partial charge in [-0.2, -0.15) is 5.10 Å². The van der Waals surface area contributed by atoms with Gasteiger partial charge in [0.25, 0.3) is 5.95 Å². The van der Waals surface area contributed by atoms with E-state index in [4.69, 9.17) is 5.84 Å². The van der Waals surface area contributed by atoms with E-state index >= 15 is 0 Å². The van der Waals surface area contributed by atoms with Gasteiger partial charge in [-0.1, -0.05) is 49.9 Å². The monoisotopic (exact) mass is 494 g/mol. The molecule has 35 heavy (non-hydrogen) atoms. The van der Waals surface area contributed by atoms with Crippen LogP contribution in [0.1, 0.15) is 51.2 Å². The fourth-order valence-corrected chi connectivity index (χ4v) is 4.09. The lowest BCUT2D eigenvalue weighted by Crippen LogP contribution is -2.21. The summed E-state index contributed by atoms with van der Waals surface area (Å²) in [7, 11) is 0. The Morgan fingerprint density at radius 3 is 2.43 bits per heavy atom. The molecule has 3 rings (SSSR count). The second kappa shape index (κ2) is 12.8. The van der Waals surface area contributed by atoms with Crippen LogP contribution < -0.4 is 21.5 Å². The molecule has 4 N–H and O–H groups in total. The Kier molecular flexibility index (Phi) is 9.54. The fraction of sp³-hybridized carbons (Fsp3) is 0.360. The number of anilines is 3. The van der Waals surface area contributed by atoms with E-state index < -0.39 is 0 Å². The van der Waals surface area contributed by atoms with Crippen molar-refractivity contribution in [3.8, 4) is 0 Å². The Morgan fingerprint density at radius 2 is 1.80 bits per heavy atom. The summed E-state index contributed by atoms with van der Waals surface area (Å²) in [5, 5.41) is 15.5. The summed E-state index contributed by atoms with van der Waals surface area (Å²) in [4.78, 5) is 14.6. The average Bonchev–Trinajstić information content (AvgIpc) is 3.23. The van der Waals surface area contributed by atoms with Gasteiger partial charge < -0.3 is 16.1 Å². The van der Waals surface area contributed by atoms with Crippen molar-refractivity contribution < 1.29 is 4.79 Å². The molecule has 1 unspecified atom stereocenters. The first kappa shape index (κ1) is 26.1. The second-order valence-electron chi connectivity index (χ2n) is 8.08. The number of carbonyl (C=O) groups is 1. The van der Waals surface area contributed by atoms with Gasteiger partial charge in [0.15, 0.2) is 0 Å². The SMILES string of the molecule is CCC(C)c1ccc(NC(=O)CSc2nnc(N/N=C/c3ccc(N(CC)CC)cc3)n2N)cc1. The molecule has 0 radical (unpaired) electrons. The number of hydrogen-bond acceptors (Lipinski definition) is 8. The van der Waals surface area contributed by atoms with Crippen molar-refractivity contribution in [3.05, 3.63) is 59.7 Å². The number of nitrogens with one attached hydrogen (secondary N) is 2. The Balaban J connectivity index is 1.49. The van der Waals surface area contributed by atoms with E-state index in [2.05, 4.69) is 70.8 Å². The number of hydrazone groups is 1. The summed E-state index contributed by atoms with van der Waals surface area (Å²) < 4.78 is 1.28. The summed E-state index contributed by atoms with van der Waals surface area (Å²) >= 11 is 1.20. The second-order valence-corrected chi connectivity index (χ2v) is 9.02. The van der Waals surface area contributed by atoms with Crippen LogP contribution in [0.5, 0.6) is 0 Å². The van der Waals surface area contributed by atoms with Gasteiger partial charge in [-0.3, -0.25) is 4.79 Å². The molecule has 9 nitrogen and oxygen atoms in total. The van der Waals surface area contributed by atoms with Gasteiger partial charge in [0.05, 0.1) is 12.0 Å². The van der Waals surface area contributed by atoms with Crippen LogP contribution in [0, 0.1) is 0 Å². The van der Waals surface area contributed by atoms with Gasteiger partial charge in [-0.15, -0.1) is 10.2 Å². The highest BCUT2D eigenvalue weighted by atomic mass is 32.2. The Hall–Kier alpha value is -3.53. The predicted molar refractivity (Wildman–Crippen MR) is 146 cm³/mol. The van der Waals surface area contributed by atoms with Gasteiger partial charge in [-0.05, 0) is 61.6 Å². The molecular weight excluding hydrogens is 460 g/mol. The van der Waals surface area contributed by atoms with E-state index in [0.29, 0.717) is 11.1 Å². The van der Waals surface area contributed by atoms with Gasteiger partial charge >= 0.3 is 0 Å². The molecular formula is C25H34N8OS. The molecule has 0 saturated heterocycles. The first-order valence-corrected chi connectivity index (χ1v) is 12.8. The molecule has 0 bridgehead atoms. The van der Waals surface area contributed by atoms with E-state index in [9.17, 15) is 4.79 Å². The van der Waals surface area contributed by atoms with Crippen molar-refractivity contribution in [2.75, 3.05) is 40.3 Å². The number of aromatic nitrogens is 3. The van der Waals surface area contributed by atoms with Crippen molar-refractivity contribution in [1.29, 1.82) is 0 Å². The highest BCUT2D eigenvalue weighted by molar-refractivity contribution is 7.99. The van der Waals surface area contributed by atoms with E-state index in [1.54, 1.807) is 6.21 Å². The normalized spacial score (nSPS) is 12.0. The van der Waals surface area contributed by atoms with Crippen LogP contribution in [-0.4, -0.2) is 45.8 Å². The molecule has 1 aromatic heterocycles. The first-order chi connectivity index (χ1) is 16.9. The van der Waals surface area contributed by atoms with Crippen LogP contribution in [0.4, 0.5) is 17.3 Å². The van der Waals surface area contributed by atoms with Crippen LogP contribution in [0.3, 0.4) is 0 Å². The molecule has 0 saturated carbocycles. The molecule has 1 heterocycles. The minimum absolute atomic E-state index is 0.144. The van der Waals surface area contributed by atoms with Crippen molar-refractivity contribution in [1.82, 2.24) is 14.9 Å². The molecule has 3 aromatic rings. The van der Waals surface area contributed by atoms with E-state index in [1.165, 1.54) is 27.7 Å². The maximum absolute atomic E-state index is 12.3. The fourth-order valence-electron chi connectivity index (χ4n) is 3.43. The van der Waals surface area contributed by atoms with Crippen LogP contribution in [-0.2, 0) is 4.79 Å². The van der Waals surface area contributed by atoms with Crippen molar-refractivity contribution in [2.45, 2.75) is 45.2 Å². The van der Waals surface area contributed by atoms with Crippen LogP contribution in [0.2, 0.25) is 0 Å². The number of amides is 1. The standard InChI is InChI=1S/C25H34N8OS/c1-5-18(4)20-10-12-21(13-11-20)28-23(34)17-35-25-31-30-24(33(25)26)29-27-16-19-8-14-22(15-9-19)32(6-2)7-3/h8-16,18H,5-7,17,26H2,1-4H3,(H,28,34)(H,29,30)/b27-16+. The Bertz CT molecular complexity index is 1110. The number of carbonyl (C=O) groups excluding carboxylic acids is 1. The zero-order valence-electron chi connectivity index (χ0n) is 20.7. The summed E-state index contributed by atoms with van der Waals surface area (Å²) in [6, 6.07) is 16.1. The Labute approximate surface area is 211 Å². The third-order valence-corrected chi connectivity index (χ3v) is 6.72. The number of rotatable bonds is 12. The molecule has 0 aliphatic rings. The zero-order valence-corrected chi connectivity index (χ0v) is 21.5. The predicted octanol–water partition coefficient (Wildman–Crippen LogP) is 4.53. The molecule has 0 aliphatic heterocycles. The molecule has 1 atom stereocenters. The summed E-state index contributed by atoms with van der Waals surface area (Å²) in [6.45, 7) is 10.5. The zero-order chi connectivity index (χ0) is 25.2. The van der Waals surface area contributed by atoms with Crippen molar-refractivity contribution in [3.63, 3.8) is 0 Å². The highest BCUT2D eigenvalue weighted by Gasteiger charge is 2.12. The lowest BCUT2D eigenvalue weighted by molar-refractivity contribution is -0.113. The van der Waals surface area contributed by atoms with Gasteiger partial charge in [-0.25, -0.2) is 10.1 Å². The average molecular weight is 495 g/mol. The maximum atomic E-state index is 12.3. The Morgan fingerprint density at radius 1 is 1.11 bits per heavy atom. The minimum atomic E-state index is -0.144. The molecule has 2 aromatic carbocycles. The third-order valence-electron chi connectivity index (χ3n) is 5.77. The number of nitrogen functional groups attached to an aromatic ring is 1. The van der Waals surface area contributed by atoms with Gasteiger partial charge in [0, 0.05) is 24.5 Å². The van der Waals surface area contributed by atoms with E-state index in [-0.39, 0.29) is 17.6 Å². The molecule has 0 fully saturated rings. The van der Waals surface area contributed by atoms with E-state index in [1.807, 2.05) is 36.4 Å². The largest absolute Gasteiger partial charge is 0.372 e. The molecule has 1 amide bonds. The van der Waals surface area contributed by atoms with Gasteiger partial charge in [0.1, 0.15) is 0 Å². The van der Waals surface area contributed by atoms with Crippen molar-refractivity contribution >= 4 is 41.2 Å². The molecule has 186 valence electrons. The maximum Gasteiger partial charge on any atom is 0.264 e. The lowest BCUT2D eigenvalue weighted by Gasteiger charge is -2.20. The summed E-state index contributed by atoms with van der Waals surface area (Å²) in [5.74, 6) is 6.85. The van der Waals surface area contributed by atoms with Crippen molar-refractivity contribution in [2.24, 2.45) is 5.10 Å². The molecule has 0 spiro atoms. The van der Waals surface area contributed by atoms with Gasteiger partial charge in [0.2, 0.25) is 11.1 Å². The quantitative estimate of drug-likeness (QED) is 0.147. The van der Waals surface area contributed by atoms with Crippen LogP contribution >= 0.6 is 11.8 Å². The summed E-state index contributed by atoms with van der Waals surface area (Å²) in [6.07, 6.45) is 2.77. The first-order valence-electron chi connectivity index (χ1n) is 11.8. The smallest absolute Gasteiger partial charge is 0.264 e. The van der Waals surface area contributed by atoms with Crippen LogP contribution in [0.25, 0.3) is 0 Å². The topological polar surface area (TPSA) is 113 Å². The lowest BCUT2D eigenvalue weighted by atomic mass is 9.99. The number of nitrogens with two attached hydrogens (primary N) is 1. The van der Waals surface area contributed by atoms with E-state index in [0.717, 1.165) is 30.8 Å². The molecule has 0 aliphatic carbocycles. The summed E-state index contributed by atoms with van der Waals surface area (Å²) in [5.41, 5.74) is 6.94. The number of benzene rings is 2. The van der Waals surface area contributed by atoms with Crippen LogP contribution in [0.15, 0.2) is 58.8 Å².